The molecule has 0 unspecified atom stereocenters. The van der Waals surface area contributed by atoms with Gasteiger partial charge in [-0.1, -0.05) is 23.4 Å². The molecular weight excluding hydrogens is 314 g/mol. The first-order valence-corrected chi connectivity index (χ1v) is 7.87. The molecule has 0 bridgehead atoms. The van der Waals surface area contributed by atoms with Crippen LogP contribution in [-0.4, -0.2) is 52.8 Å². The zero-order valence-corrected chi connectivity index (χ0v) is 12.7. The Kier molecular flexibility index (Phi) is 4.23. The predicted molar refractivity (Wildman–Crippen MR) is 81.9 cm³/mol. The number of hydrogen-bond acceptors (Lipinski definition) is 5. The topological polar surface area (TPSA) is 67.6 Å². The van der Waals surface area contributed by atoms with Crippen LogP contribution < -0.4 is 5.01 Å². The van der Waals surface area contributed by atoms with Gasteiger partial charge in [0.15, 0.2) is 5.16 Å². The molecule has 3 rings (SSSR count). The Morgan fingerprint density at radius 2 is 2.19 bits per heavy atom. The first-order valence-electron chi connectivity index (χ1n) is 6.51. The minimum absolute atomic E-state index is 0.0264. The van der Waals surface area contributed by atoms with Crippen molar-refractivity contribution in [3.05, 3.63) is 23.2 Å². The largest absolute Gasteiger partial charge is 0.481 e. The van der Waals surface area contributed by atoms with Crippen LogP contribution in [0.15, 0.2) is 23.4 Å². The van der Waals surface area contributed by atoms with Gasteiger partial charge in [0, 0.05) is 5.02 Å². The summed E-state index contributed by atoms with van der Waals surface area (Å²) >= 11 is 7.29. The number of halogens is 1. The Balaban J connectivity index is 2.04. The number of aliphatic carboxylic acids is 1. The molecule has 2 aromatic rings. The summed E-state index contributed by atoms with van der Waals surface area (Å²) in [6.45, 7) is 2.75. The molecule has 1 aliphatic rings. The molecule has 0 aliphatic carbocycles. The van der Waals surface area contributed by atoms with E-state index in [1.54, 1.807) is 6.07 Å². The normalized spacial score (nSPS) is 15.6. The van der Waals surface area contributed by atoms with E-state index in [0.29, 0.717) is 23.4 Å². The van der Waals surface area contributed by atoms with Crippen molar-refractivity contribution >= 4 is 40.4 Å². The summed E-state index contributed by atoms with van der Waals surface area (Å²) in [5.74, 6) is -0.889. The van der Waals surface area contributed by atoms with Crippen LogP contribution in [0.2, 0.25) is 5.02 Å². The molecule has 0 amide bonds. The van der Waals surface area contributed by atoms with Crippen molar-refractivity contribution < 1.29 is 14.6 Å². The van der Waals surface area contributed by atoms with Crippen molar-refractivity contribution in [3.63, 3.8) is 0 Å². The van der Waals surface area contributed by atoms with Gasteiger partial charge in [-0.15, -0.1) is 0 Å². The van der Waals surface area contributed by atoms with Gasteiger partial charge in [-0.25, -0.2) is 9.66 Å². The smallest absolute Gasteiger partial charge is 0.313 e. The maximum atomic E-state index is 10.8. The van der Waals surface area contributed by atoms with E-state index in [1.807, 2.05) is 16.8 Å². The zero-order chi connectivity index (χ0) is 14.8. The third-order valence-corrected chi connectivity index (χ3v) is 4.31. The second-order valence-corrected chi connectivity index (χ2v) is 5.97. The molecule has 8 heteroatoms. The minimum atomic E-state index is -0.862. The van der Waals surface area contributed by atoms with Gasteiger partial charge in [0.05, 0.1) is 43.1 Å². The van der Waals surface area contributed by atoms with E-state index in [0.717, 1.165) is 24.1 Å². The second kappa shape index (κ2) is 6.13. The molecule has 0 saturated carbocycles. The van der Waals surface area contributed by atoms with Gasteiger partial charge in [-0.2, -0.15) is 0 Å². The number of thioether (sulfide) groups is 1. The number of nitrogens with zero attached hydrogens (tertiary/aromatic N) is 3. The number of aromatic nitrogens is 2. The fraction of sp³-hybridized carbons (Fsp3) is 0.385. The first kappa shape index (κ1) is 14.5. The lowest BCUT2D eigenvalue weighted by Crippen LogP contribution is -2.44. The van der Waals surface area contributed by atoms with Crippen molar-refractivity contribution in [1.29, 1.82) is 0 Å². The number of rotatable bonds is 4. The highest BCUT2D eigenvalue weighted by Crippen LogP contribution is 2.27. The molecule has 1 saturated heterocycles. The highest BCUT2D eigenvalue weighted by Gasteiger charge is 2.20. The van der Waals surface area contributed by atoms with E-state index in [4.69, 9.17) is 21.4 Å². The van der Waals surface area contributed by atoms with Crippen molar-refractivity contribution in [2.24, 2.45) is 0 Å². The Labute approximate surface area is 130 Å². The SMILES string of the molecule is O=C(O)CSc1nc2ccc(Cl)cc2n1N1CCOCC1. The standard InChI is InChI=1S/C13H14ClN3O3S/c14-9-1-2-10-11(7-9)17(16-3-5-20-6-4-16)13(15-10)21-8-12(18)19/h1-2,7H,3-6,8H2,(H,18,19). The molecule has 1 fully saturated rings. The summed E-state index contributed by atoms with van der Waals surface area (Å²) in [4.78, 5) is 15.3. The van der Waals surface area contributed by atoms with Crippen molar-refractivity contribution in [2.45, 2.75) is 5.16 Å². The Bertz CT molecular complexity index is 670. The van der Waals surface area contributed by atoms with Crippen molar-refractivity contribution in [3.8, 4) is 0 Å². The molecule has 1 N–H and O–H groups in total. The summed E-state index contributed by atoms with van der Waals surface area (Å²) in [6.07, 6.45) is 0. The summed E-state index contributed by atoms with van der Waals surface area (Å²) in [6, 6.07) is 5.48. The van der Waals surface area contributed by atoms with Crippen LogP contribution in [0.3, 0.4) is 0 Å². The van der Waals surface area contributed by atoms with Crippen molar-refractivity contribution in [2.75, 3.05) is 37.1 Å². The Morgan fingerprint density at radius 3 is 2.90 bits per heavy atom. The van der Waals surface area contributed by atoms with Crippen LogP contribution in [0.25, 0.3) is 11.0 Å². The molecule has 1 aromatic carbocycles. The van der Waals surface area contributed by atoms with E-state index >= 15 is 0 Å². The lowest BCUT2D eigenvalue weighted by Gasteiger charge is -2.31. The Morgan fingerprint density at radius 1 is 1.43 bits per heavy atom. The molecule has 21 heavy (non-hydrogen) atoms. The molecule has 1 aromatic heterocycles. The van der Waals surface area contributed by atoms with Crippen LogP contribution in [0.1, 0.15) is 0 Å². The van der Waals surface area contributed by atoms with E-state index in [1.165, 1.54) is 11.8 Å². The third kappa shape index (κ3) is 3.09. The number of imidazole rings is 1. The van der Waals surface area contributed by atoms with Gasteiger partial charge >= 0.3 is 5.97 Å². The average molecular weight is 328 g/mol. The lowest BCUT2D eigenvalue weighted by atomic mass is 10.3. The third-order valence-electron chi connectivity index (χ3n) is 3.16. The molecular formula is C13H14ClN3O3S. The number of carboxylic acid groups (broad SMARTS) is 1. The number of benzene rings is 1. The maximum Gasteiger partial charge on any atom is 0.313 e. The number of fused-ring (bicyclic) bond motifs is 1. The highest BCUT2D eigenvalue weighted by molar-refractivity contribution is 7.99. The fourth-order valence-corrected chi connectivity index (χ4v) is 3.18. The molecule has 0 radical (unpaired) electrons. The van der Waals surface area contributed by atoms with Crippen LogP contribution in [-0.2, 0) is 9.53 Å². The summed E-state index contributed by atoms with van der Waals surface area (Å²) in [5.41, 5.74) is 1.69. The van der Waals surface area contributed by atoms with Crippen molar-refractivity contribution in [1.82, 2.24) is 9.66 Å². The molecule has 0 spiro atoms. The minimum Gasteiger partial charge on any atom is -0.481 e. The Hall–Kier alpha value is -1.44. The molecule has 112 valence electrons. The average Bonchev–Trinajstić information content (AvgIpc) is 2.83. The molecule has 6 nitrogen and oxygen atoms in total. The summed E-state index contributed by atoms with van der Waals surface area (Å²) < 4.78 is 7.32. The quantitative estimate of drug-likeness (QED) is 0.864. The van der Waals surface area contributed by atoms with Crippen LogP contribution in [0.5, 0.6) is 0 Å². The zero-order valence-electron chi connectivity index (χ0n) is 11.2. The fourth-order valence-electron chi connectivity index (χ4n) is 2.26. The monoisotopic (exact) mass is 327 g/mol. The van der Waals surface area contributed by atoms with E-state index in [-0.39, 0.29) is 5.75 Å². The summed E-state index contributed by atoms with van der Waals surface area (Å²) in [7, 11) is 0. The molecule has 0 atom stereocenters. The van der Waals surface area contributed by atoms with Crippen LogP contribution >= 0.6 is 23.4 Å². The number of carboxylic acids is 1. The van der Waals surface area contributed by atoms with Gasteiger partial charge in [-0.05, 0) is 18.2 Å². The predicted octanol–water partition coefficient (Wildman–Crippen LogP) is 1.83. The number of ether oxygens (including phenoxy) is 1. The van der Waals surface area contributed by atoms with E-state index in [2.05, 4.69) is 9.99 Å². The number of hydrogen-bond donors (Lipinski definition) is 1. The van der Waals surface area contributed by atoms with Crippen LogP contribution in [0.4, 0.5) is 0 Å². The van der Waals surface area contributed by atoms with Gasteiger partial charge < -0.3 is 14.9 Å². The van der Waals surface area contributed by atoms with Gasteiger partial charge in [-0.3, -0.25) is 4.79 Å². The number of morpholine rings is 1. The first-order chi connectivity index (χ1) is 10.1. The van der Waals surface area contributed by atoms with Gasteiger partial charge in [0.2, 0.25) is 0 Å². The van der Waals surface area contributed by atoms with E-state index in [9.17, 15) is 4.79 Å². The van der Waals surface area contributed by atoms with E-state index < -0.39 is 5.97 Å². The second-order valence-electron chi connectivity index (χ2n) is 4.59. The van der Waals surface area contributed by atoms with Gasteiger partial charge in [0.25, 0.3) is 0 Å². The summed E-state index contributed by atoms with van der Waals surface area (Å²) in [5, 5.41) is 12.3. The van der Waals surface area contributed by atoms with Gasteiger partial charge in [0.1, 0.15) is 0 Å². The maximum absolute atomic E-state index is 10.8. The highest BCUT2D eigenvalue weighted by atomic mass is 35.5. The lowest BCUT2D eigenvalue weighted by molar-refractivity contribution is -0.133. The van der Waals surface area contributed by atoms with Crippen LogP contribution in [0, 0.1) is 0 Å². The molecule has 1 aliphatic heterocycles. The molecule has 2 heterocycles. The number of carbonyl (C=O) groups is 1.